The summed E-state index contributed by atoms with van der Waals surface area (Å²) in [5.74, 6) is -0.0519. The molecule has 29 heavy (non-hydrogen) atoms. The van der Waals surface area contributed by atoms with Crippen LogP contribution in [0, 0.1) is 30.1 Å². The molecule has 1 fully saturated rings. The number of pyridine rings is 3. The van der Waals surface area contributed by atoms with E-state index in [0.717, 1.165) is 10.9 Å². The van der Waals surface area contributed by atoms with Crippen LogP contribution in [0.25, 0.3) is 22.0 Å². The molecule has 1 aliphatic rings. The van der Waals surface area contributed by atoms with Gasteiger partial charge in [-0.3, -0.25) is 9.78 Å². The van der Waals surface area contributed by atoms with Gasteiger partial charge in [0.15, 0.2) is 0 Å². The molecule has 0 radical (unpaired) electrons. The Morgan fingerprint density at radius 2 is 2.17 bits per heavy atom. The molecule has 146 valence electrons. The zero-order valence-corrected chi connectivity index (χ0v) is 16.0. The lowest BCUT2D eigenvalue weighted by molar-refractivity contribution is -0.117. The smallest absolute Gasteiger partial charge is 0.230 e. The Kier molecular flexibility index (Phi) is 4.59. The molecule has 2 unspecified atom stereocenters. The first-order chi connectivity index (χ1) is 13.9. The Balaban J connectivity index is 1.72. The van der Waals surface area contributed by atoms with Crippen molar-refractivity contribution in [2.75, 3.05) is 11.1 Å². The van der Waals surface area contributed by atoms with Crippen LogP contribution in [-0.2, 0) is 4.79 Å². The van der Waals surface area contributed by atoms with E-state index in [2.05, 4.69) is 26.3 Å². The maximum Gasteiger partial charge on any atom is 0.230 e. The van der Waals surface area contributed by atoms with Crippen molar-refractivity contribution in [3.8, 4) is 17.3 Å². The van der Waals surface area contributed by atoms with Crippen LogP contribution >= 0.6 is 0 Å². The number of anilines is 2. The minimum Gasteiger partial charge on any atom is -0.383 e. The molecule has 4 rings (SSSR count). The maximum atomic E-state index is 13.9. The van der Waals surface area contributed by atoms with Gasteiger partial charge >= 0.3 is 0 Å². The Morgan fingerprint density at radius 1 is 1.38 bits per heavy atom. The lowest BCUT2D eigenvalue weighted by atomic mass is 9.99. The van der Waals surface area contributed by atoms with Gasteiger partial charge in [0.2, 0.25) is 5.91 Å². The number of amides is 1. The summed E-state index contributed by atoms with van der Waals surface area (Å²) < 4.78 is 13.9. The van der Waals surface area contributed by atoms with Gasteiger partial charge in [-0.1, -0.05) is 0 Å². The number of nitrogens with two attached hydrogens (primary N) is 1. The van der Waals surface area contributed by atoms with Crippen LogP contribution in [0.5, 0.6) is 0 Å². The van der Waals surface area contributed by atoms with Crippen molar-refractivity contribution >= 4 is 28.3 Å². The summed E-state index contributed by atoms with van der Waals surface area (Å²) in [6.45, 7) is 3.29. The van der Waals surface area contributed by atoms with E-state index in [0.29, 0.717) is 34.4 Å². The van der Waals surface area contributed by atoms with Crippen LogP contribution < -0.4 is 11.1 Å². The first kappa shape index (κ1) is 18.7. The molecule has 0 spiro atoms. The number of hydrogen-bond donors (Lipinski definition) is 2. The first-order valence-electron chi connectivity index (χ1n) is 9.24. The van der Waals surface area contributed by atoms with Crippen molar-refractivity contribution in [1.82, 2.24) is 15.0 Å². The number of halogens is 1. The van der Waals surface area contributed by atoms with Gasteiger partial charge in [0, 0.05) is 35.1 Å². The van der Waals surface area contributed by atoms with Gasteiger partial charge in [0.1, 0.15) is 17.8 Å². The number of carbonyl (C=O) groups is 1. The van der Waals surface area contributed by atoms with Gasteiger partial charge in [-0.25, -0.2) is 14.4 Å². The van der Waals surface area contributed by atoms with Gasteiger partial charge in [-0.05, 0) is 43.4 Å². The number of nitrogens with one attached hydrogen (secondary N) is 1. The van der Waals surface area contributed by atoms with E-state index in [-0.39, 0.29) is 23.6 Å². The van der Waals surface area contributed by atoms with Crippen molar-refractivity contribution in [1.29, 1.82) is 5.26 Å². The largest absolute Gasteiger partial charge is 0.383 e. The van der Waals surface area contributed by atoms with E-state index >= 15 is 0 Å². The number of fused-ring (bicyclic) bond motifs is 1. The van der Waals surface area contributed by atoms with E-state index in [1.165, 1.54) is 13.1 Å². The second-order valence-corrected chi connectivity index (χ2v) is 7.27. The molecule has 1 saturated carbocycles. The second-order valence-electron chi connectivity index (χ2n) is 7.27. The predicted molar refractivity (Wildman–Crippen MR) is 107 cm³/mol. The monoisotopic (exact) mass is 390 g/mol. The summed E-state index contributed by atoms with van der Waals surface area (Å²) in [7, 11) is 0. The van der Waals surface area contributed by atoms with Crippen LogP contribution in [0.1, 0.15) is 30.6 Å². The normalized spacial score (nSPS) is 18.8. The molecule has 7 nitrogen and oxygen atoms in total. The van der Waals surface area contributed by atoms with Gasteiger partial charge < -0.3 is 11.1 Å². The summed E-state index contributed by atoms with van der Waals surface area (Å²) in [6, 6.07) is 5.62. The quantitative estimate of drug-likeness (QED) is 0.701. The highest BCUT2D eigenvalue weighted by molar-refractivity contribution is 5.98. The molecule has 3 aromatic rings. The van der Waals surface area contributed by atoms with E-state index in [4.69, 9.17) is 11.0 Å². The number of hydrogen-bond acceptors (Lipinski definition) is 6. The Morgan fingerprint density at radius 3 is 2.86 bits per heavy atom. The maximum absolute atomic E-state index is 13.9. The van der Waals surface area contributed by atoms with Crippen LogP contribution in [0.4, 0.5) is 16.0 Å². The highest BCUT2D eigenvalue weighted by atomic mass is 19.1. The standard InChI is InChI=1S/C21H19FN6O/c1-10-15(11(2)22)7-25-8-16(10)18-4-12-5-19(26-9-17(12)20(24)27-18)28-21(29)14-3-13(14)6-23/h4-5,7-9,11,13-14H,3H2,1-2H3,(H2,24,27)(H,26,28,29)/t11?,13-,14?/m0/s1. The van der Waals surface area contributed by atoms with E-state index in [1.807, 2.05) is 13.0 Å². The van der Waals surface area contributed by atoms with Crippen LogP contribution in [0.3, 0.4) is 0 Å². The fraction of sp³-hybridized carbons (Fsp3) is 0.286. The van der Waals surface area contributed by atoms with Gasteiger partial charge in [0.25, 0.3) is 0 Å². The summed E-state index contributed by atoms with van der Waals surface area (Å²) in [6.07, 6.45) is 4.13. The number of nitrogens with zero attached hydrogens (tertiary/aromatic N) is 4. The molecule has 3 heterocycles. The molecule has 0 aromatic carbocycles. The topological polar surface area (TPSA) is 118 Å². The molecule has 1 amide bonds. The highest BCUT2D eigenvalue weighted by Crippen LogP contribution is 2.38. The average Bonchev–Trinajstić information content (AvgIpc) is 3.47. The predicted octanol–water partition coefficient (Wildman–Crippen LogP) is 3.71. The molecule has 8 heteroatoms. The van der Waals surface area contributed by atoms with Crippen molar-refractivity contribution in [2.24, 2.45) is 11.8 Å². The Bertz CT molecular complexity index is 1170. The van der Waals surface area contributed by atoms with Gasteiger partial charge in [0.05, 0.1) is 23.6 Å². The van der Waals surface area contributed by atoms with E-state index in [9.17, 15) is 9.18 Å². The van der Waals surface area contributed by atoms with Crippen molar-refractivity contribution in [2.45, 2.75) is 26.4 Å². The summed E-state index contributed by atoms with van der Waals surface area (Å²) >= 11 is 0. The fourth-order valence-corrected chi connectivity index (χ4v) is 3.43. The molecule has 3 atom stereocenters. The Hall–Kier alpha value is -3.60. The van der Waals surface area contributed by atoms with Crippen molar-refractivity contribution in [3.05, 3.63) is 41.9 Å². The zero-order valence-electron chi connectivity index (χ0n) is 16.0. The van der Waals surface area contributed by atoms with Crippen molar-refractivity contribution < 1.29 is 9.18 Å². The molecule has 0 aliphatic heterocycles. The van der Waals surface area contributed by atoms with E-state index in [1.54, 1.807) is 18.5 Å². The van der Waals surface area contributed by atoms with Crippen LogP contribution in [-0.4, -0.2) is 20.9 Å². The molecule has 1 aliphatic carbocycles. The molecular formula is C21H19FN6O. The number of nitriles is 1. The number of rotatable bonds is 4. The minimum atomic E-state index is -1.15. The third kappa shape index (κ3) is 3.47. The second kappa shape index (κ2) is 7.09. The number of nitrogen functional groups attached to an aromatic ring is 1. The van der Waals surface area contributed by atoms with Gasteiger partial charge in [-0.15, -0.1) is 0 Å². The number of carbonyl (C=O) groups excluding carboxylic acids is 1. The number of aromatic nitrogens is 3. The highest BCUT2D eigenvalue weighted by Gasteiger charge is 2.43. The molecule has 3 aromatic heterocycles. The van der Waals surface area contributed by atoms with Gasteiger partial charge in [-0.2, -0.15) is 5.26 Å². The molecule has 3 N–H and O–H groups in total. The molecule has 0 saturated heterocycles. The van der Waals surface area contributed by atoms with Crippen LogP contribution in [0.15, 0.2) is 30.7 Å². The lowest BCUT2D eigenvalue weighted by Crippen LogP contribution is -2.15. The third-order valence-electron chi connectivity index (χ3n) is 5.25. The Labute approximate surface area is 166 Å². The van der Waals surface area contributed by atoms with Crippen molar-refractivity contribution in [3.63, 3.8) is 0 Å². The lowest BCUT2D eigenvalue weighted by Gasteiger charge is -2.13. The third-order valence-corrected chi connectivity index (χ3v) is 5.25. The van der Waals surface area contributed by atoms with Crippen LogP contribution in [0.2, 0.25) is 0 Å². The zero-order chi connectivity index (χ0) is 20.7. The SMILES string of the molecule is Cc1c(-c2cc3cc(NC(=O)C4C[C@H]4C#N)ncc3c(N)n2)cncc1C(C)F. The summed E-state index contributed by atoms with van der Waals surface area (Å²) in [5, 5.41) is 13.0. The summed E-state index contributed by atoms with van der Waals surface area (Å²) in [5.41, 5.74) is 8.63. The molecular weight excluding hydrogens is 371 g/mol. The number of alkyl halides is 1. The minimum absolute atomic E-state index is 0.213. The van der Waals surface area contributed by atoms with E-state index < -0.39 is 6.17 Å². The first-order valence-corrected chi connectivity index (χ1v) is 9.24. The summed E-state index contributed by atoms with van der Waals surface area (Å²) in [4.78, 5) is 25.0. The average molecular weight is 390 g/mol. The molecule has 0 bridgehead atoms. The fourth-order valence-electron chi connectivity index (χ4n) is 3.43.